The number of alkyl halides is 3. The highest BCUT2D eigenvalue weighted by molar-refractivity contribution is 7.89. The predicted molar refractivity (Wildman–Crippen MR) is 71.8 cm³/mol. The van der Waals surface area contributed by atoms with Crippen LogP contribution in [0.2, 0.25) is 0 Å². The van der Waals surface area contributed by atoms with Crippen molar-refractivity contribution in [1.29, 1.82) is 0 Å². The molecule has 0 spiro atoms. The average molecular weight is 340 g/mol. The van der Waals surface area contributed by atoms with Crippen molar-refractivity contribution in [3.63, 3.8) is 0 Å². The molecular weight excluding hydrogens is 325 g/mol. The van der Waals surface area contributed by atoms with Gasteiger partial charge in [0, 0.05) is 26.2 Å². The maximum atomic E-state index is 12.1. The average Bonchev–Trinajstić information content (AvgIpc) is 2.49. The molecule has 0 aliphatic carbocycles. The van der Waals surface area contributed by atoms with Gasteiger partial charge < -0.3 is 10.4 Å². The van der Waals surface area contributed by atoms with Crippen molar-refractivity contribution in [2.45, 2.75) is 11.1 Å². The summed E-state index contributed by atoms with van der Waals surface area (Å²) in [5.74, 6) is -2.76. The Hall–Kier alpha value is -1.65. The van der Waals surface area contributed by atoms with Gasteiger partial charge in [-0.1, -0.05) is 18.2 Å². The third-order valence-electron chi connectivity index (χ3n) is 2.70. The molecule has 1 aromatic rings. The highest BCUT2D eigenvalue weighted by Crippen LogP contribution is 2.15. The first-order valence-electron chi connectivity index (χ1n) is 6.21. The Morgan fingerprint density at radius 3 is 2.00 bits per heavy atom. The van der Waals surface area contributed by atoms with E-state index in [0.717, 1.165) is 13.1 Å². The summed E-state index contributed by atoms with van der Waals surface area (Å²) < 4.78 is 57.4. The molecule has 0 bridgehead atoms. The van der Waals surface area contributed by atoms with Crippen LogP contribution >= 0.6 is 0 Å². The number of nitrogens with one attached hydrogen (secondary N) is 1. The van der Waals surface area contributed by atoms with Crippen molar-refractivity contribution < 1.29 is 31.5 Å². The molecule has 1 aliphatic rings. The third-order valence-corrected chi connectivity index (χ3v) is 4.61. The number of benzene rings is 1. The summed E-state index contributed by atoms with van der Waals surface area (Å²) >= 11 is 0. The van der Waals surface area contributed by atoms with Gasteiger partial charge in [-0.3, -0.25) is 0 Å². The fourth-order valence-electron chi connectivity index (χ4n) is 1.63. The van der Waals surface area contributed by atoms with Gasteiger partial charge in [0.05, 0.1) is 4.90 Å². The van der Waals surface area contributed by atoms with Gasteiger partial charge in [-0.05, 0) is 12.1 Å². The summed E-state index contributed by atoms with van der Waals surface area (Å²) in [5, 5.41) is 10.3. The van der Waals surface area contributed by atoms with Crippen molar-refractivity contribution in [3.8, 4) is 0 Å². The lowest BCUT2D eigenvalue weighted by Crippen LogP contribution is -2.46. The summed E-state index contributed by atoms with van der Waals surface area (Å²) in [4.78, 5) is 9.28. The molecule has 0 aromatic heterocycles. The summed E-state index contributed by atoms with van der Waals surface area (Å²) in [7, 11) is -3.27. The monoisotopic (exact) mass is 340 g/mol. The molecule has 22 heavy (non-hydrogen) atoms. The van der Waals surface area contributed by atoms with Gasteiger partial charge >= 0.3 is 12.1 Å². The van der Waals surface area contributed by atoms with E-state index in [1.165, 1.54) is 4.31 Å². The van der Waals surface area contributed by atoms with Crippen LogP contribution < -0.4 is 5.32 Å². The molecule has 124 valence electrons. The van der Waals surface area contributed by atoms with Crippen molar-refractivity contribution in [2.24, 2.45) is 0 Å². The molecule has 1 saturated heterocycles. The van der Waals surface area contributed by atoms with Crippen molar-refractivity contribution in [3.05, 3.63) is 30.3 Å². The van der Waals surface area contributed by atoms with Crippen LogP contribution in [0.1, 0.15) is 0 Å². The summed E-state index contributed by atoms with van der Waals surface area (Å²) in [5.41, 5.74) is 0. The lowest BCUT2D eigenvalue weighted by atomic mass is 10.4. The van der Waals surface area contributed by atoms with E-state index in [4.69, 9.17) is 9.90 Å². The largest absolute Gasteiger partial charge is 0.490 e. The van der Waals surface area contributed by atoms with Gasteiger partial charge in [-0.15, -0.1) is 0 Å². The summed E-state index contributed by atoms with van der Waals surface area (Å²) in [6.07, 6.45) is -5.08. The molecule has 1 heterocycles. The Labute approximate surface area is 125 Å². The number of halogens is 3. The molecule has 2 rings (SSSR count). The fourth-order valence-corrected chi connectivity index (χ4v) is 3.09. The molecule has 0 amide bonds. The fraction of sp³-hybridized carbons (Fsp3) is 0.417. The summed E-state index contributed by atoms with van der Waals surface area (Å²) in [6.45, 7) is 2.56. The minimum absolute atomic E-state index is 0.381. The highest BCUT2D eigenvalue weighted by atomic mass is 32.2. The van der Waals surface area contributed by atoms with E-state index in [2.05, 4.69) is 5.32 Å². The first-order valence-corrected chi connectivity index (χ1v) is 7.66. The Morgan fingerprint density at radius 2 is 1.59 bits per heavy atom. The molecular formula is C12H15F3N2O4S. The van der Waals surface area contributed by atoms with Crippen LogP contribution in [-0.4, -0.2) is 56.2 Å². The van der Waals surface area contributed by atoms with E-state index in [0.29, 0.717) is 18.0 Å². The highest BCUT2D eigenvalue weighted by Gasteiger charge is 2.38. The number of carboxylic acids is 1. The number of carbonyl (C=O) groups is 1. The van der Waals surface area contributed by atoms with Gasteiger partial charge in [-0.2, -0.15) is 17.5 Å². The predicted octanol–water partition coefficient (Wildman–Crippen LogP) is 0.914. The molecule has 1 fully saturated rings. The van der Waals surface area contributed by atoms with Crippen LogP contribution in [0.3, 0.4) is 0 Å². The lowest BCUT2D eigenvalue weighted by molar-refractivity contribution is -0.192. The number of rotatable bonds is 2. The van der Waals surface area contributed by atoms with Crippen LogP contribution in [0.15, 0.2) is 35.2 Å². The Kier molecular flexibility index (Phi) is 6.33. The quantitative estimate of drug-likeness (QED) is 0.836. The third kappa shape index (κ3) is 5.28. The zero-order valence-corrected chi connectivity index (χ0v) is 12.2. The van der Waals surface area contributed by atoms with Gasteiger partial charge in [-0.25, -0.2) is 13.2 Å². The number of hydrogen-bond donors (Lipinski definition) is 2. The topological polar surface area (TPSA) is 86.7 Å². The Bertz CT molecular complexity index is 584. The van der Waals surface area contributed by atoms with Gasteiger partial charge in [0.1, 0.15) is 0 Å². The number of hydrogen-bond acceptors (Lipinski definition) is 4. The minimum atomic E-state index is -5.08. The first-order chi connectivity index (χ1) is 10.2. The zero-order chi connectivity index (χ0) is 16.8. The first kappa shape index (κ1) is 18.4. The number of nitrogens with zero attached hydrogens (tertiary/aromatic N) is 1. The molecule has 2 N–H and O–H groups in total. The molecule has 10 heteroatoms. The van der Waals surface area contributed by atoms with Crippen molar-refractivity contribution in [1.82, 2.24) is 9.62 Å². The number of piperazine rings is 1. The SMILES string of the molecule is O=C(O)C(F)(F)F.O=S(=O)(c1ccccc1)N1CCNCC1. The smallest absolute Gasteiger partial charge is 0.475 e. The van der Waals surface area contributed by atoms with Crippen LogP contribution in [-0.2, 0) is 14.8 Å². The molecule has 0 atom stereocenters. The van der Waals surface area contributed by atoms with E-state index in [-0.39, 0.29) is 0 Å². The van der Waals surface area contributed by atoms with E-state index in [1.54, 1.807) is 24.3 Å². The second-order valence-corrected chi connectivity index (χ2v) is 6.21. The molecule has 0 saturated carbocycles. The second kappa shape index (κ2) is 7.56. The standard InChI is InChI=1S/C10H14N2O2S.C2HF3O2/c13-15(14,10-4-2-1-3-5-10)12-8-6-11-7-9-12;3-2(4,5)1(6)7/h1-5,11H,6-9H2;(H,6,7). The zero-order valence-electron chi connectivity index (χ0n) is 11.4. The second-order valence-electron chi connectivity index (χ2n) is 4.27. The molecule has 0 unspecified atom stereocenters. The maximum absolute atomic E-state index is 12.1. The lowest BCUT2D eigenvalue weighted by Gasteiger charge is -2.26. The van der Waals surface area contributed by atoms with Crippen molar-refractivity contribution >= 4 is 16.0 Å². The van der Waals surface area contributed by atoms with E-state index in [1.807, 2.05) is 6.07 Å². The van der Waals surface area contributed by atoms with E-state index in [9.17, 15) is 21.6 Å². The van der Waals surface area contributed by atoms with Crippen molar-refractivity contribution in [2.75, 3.05) is 26.2 Å². The summed E-state index contributed by atoms with van der Waals surface area (Å²) in [6, 6.07) is 8.58. The molecule has 6 nitrogen and oxygen atoms in total. The van der Waals surface area contributed by atoms with Gasteiger partial charge in [0.2, 0.25) is 10.0 Å². The van der Waals surface area contributed by atoms with Gasteiger partial charge in [0.25, 0.3) is 0 Å². The Morgan fingerprint density at radius 1 is 1.14 bits per heavy atom. The van der Waals surface area contributed by atoms with Crippen LogP contribution in [0, 0.1) is 0 Å². The minimum Gasteiger partial charge on any atom is -0.475 e. The van der Waals surface area contributed by atoms with E-state index < -0.39 is 22.2 Å². The normalized spacial score (nSPS) is 16.5. The number of carboxylic acid groups (broad SMARTS) is 1. The van der Waals surface area contributed by atoms with Crippen LogP contribution in [0.5, 0.6) is 0 Å². The van der Waals surface area contributed by atoms with E-state index >= 15 is 0 Å². The maximum Gasteiger partial charge on any atom is 0.490 e. The van der Waals surface area contributed by atoms with Crippen LogP contribution in [0.25, 0.3) is 0 Å². The molecule has 0 radical (unpaired) electrons. The molecule has 1 aromatic carbocycles. The number of sulfonamides is 1. The van der Waals surface area contributed by atoms with Gasteiger partial charge in [0.15, 0.2) is 0 Å². The molecule has 1 aliphatic heterocycles. The van der Waals surface area contributed by atoms with Crippen LogP contribution in [0.4, 0.5) is 13.2 Å². The number of aliphatic carboxylic acids is 1. The Balaban J connectivity index is 0.000000295.